The number of rotatable bonds is 8. The summed E-state index contributed by atoms with van der Waals surface area (Å²) in [5.74, 6) is -0.176. The third kappa shape index (κ3) is 6.54. The second-order valence-corrected chi connectivity index (χ2v) is 6.01. The predicted octanol–water partition coefficient (Wildman–Crippen LogP) is 1.12. The minimum absolute atomic E-state index is 0.330. The van der Waals surface area contributed by atoms with Crippen molar-refractivity contribution in [2.45, 2.75) is 18.9 Å². The molecule has 3 N–H and O–H groups in total. The van der Waals surface area contributed by atoms with Crippen molar-refractivity contribution in [3.8, 4) is 5.75 Å². The van der Waals surface area contributed by atoms with Gasteiger partial charge in [0.05, 0.1) is 34.3 Å². The highest BCUT2D eigenvalue weighted by molar-refractivity contribution is 5.73. The van der Waals surface area contributed by atoms with Gasteiger partial charge in [-0.05, 0) is 24.1 Å². The Kier molecular flexibility index (Phi) is 5.98. The molecule has 20 heavy (non-hydrogen) atoms. The van der Waals surface area contributed by atoms with Crippen molar-refractivity contribution in [3.05, 3.63) is 29.8 Å². The number of carboxylic acids is 1. The third-order valence-corrected chi connectivity index (χ3v) is 2.94. The van der Waals surface area contributed by atoms with E-state index in [9.17, 15) is 4.79 Å². The first kappa shape index (κ1) is 16.5. The molecule has 1 rings (SSSR count). The van der Waals surface area contributed by atoms with Gasteiger partial charge in [-0.25, -0.2) is 0 Å². The van der Waals surface area contributed by atoms with Crippen LogP contribution in [-0.2, 0) is 11.2 Å². The van der Waals surface area contributed by atoms with Gasteiger partial charge in [-0.3, -0.25) is 4.79 Å². The number of nitrogens with zero attached hydrogens (tertiary/aromatic N) is 1. The first-order valence-electron chi connectivity index (χ1n) is 6.78. The number of nitrogens with two attached hydrogens (primary N) is 1. The maximum Gasteiger partial charge on any atom is 0.320 e. The van der Waals surface area contributed by atoms with E-state index in [0.717, 1.165) is 28.8 Å². The zero-order valence-corrected chi connectivity index (χ0v) is 12.5. The molecular formula is C15H25N2O3+. The molecule has 5 heteroatoms. The van der Waals surface area contributed by atoms with Gasteiger partial charge in [0.2, 0.25) is 0 Å². The summed E-state index contributed by atoms with van der Waals surface area (Å²) in [6.07, 6.45) is 1.33. The summed E-state index contributed by atoms with van der Waals surface area (Å²) in [6, 6.07) is 6.58. The summed E-state index contributed by atoms with van der Waals surface area (Å²) in [5.41, 5.74) is 6.39. The quantitative estimate of drug-likeness (QED) is 0.553. The molecule has 0 amide bonds. The van der Waals surface area contributed by atoms with E-state index in [-0.39, 0.29) is 0 Å². The number of aliphatic carboxylic acids is 1. The molecule has 0 aliphatic rings. The highest BCUT2D eigenvalue weighted by Crippen LogP contribution is 2.13. The summed E-state index contributed by atoms with van der Waals surface area (Å²) < 4.78 is 6.58. The highest BCUT2D eigenvalue weighted by atomic mass is 16.5. The van der Waals surface area contributed by atoms with Crippen molar-refractivity contribution in [1.29, 1.82) is 0 Å². The topological polar surface area (TPSA) is 72.5 Å². The van der Waals surface area contributed by atoms with Crippen molar-refractivity contribution < 1.29 is 19.1 Å². The van der Waals surface area contributed by atoms with E-state index in [1.807, 2.05) is 24.3 Å². The molecule has 1 aromatic rings. The number of hydrogen-bond donors (Lipinski definition) is 2. The monoisotopic (exact) mass is 281 g/mol. The van der Waals surface area contributed by atoms with Crippen molar-refractivity contribution >= 4 is 5.97 Å². The standard InChI is InChI=1S/C15H24N2O3/c1-17(2,3)9-4-10-20-13-7-5-12(6-8-13)11-14(16)15(18)19/h5-8,14H,4,9-11,16H2,1-3H3/p+1/t14-/m0/s1. The van der Waals surface area contributed by atoms with Crippen LogP contribution in [0.15, 0.2) is 24.3 Å². The first-order valence-corrected chi connectivity index (χ1v) is 6.78. The number of quaternary nitrogens is 1. The lowest BCUT2D eigenvalue weighted by Crippen LogP contribution is -2.35. The summed E-state index contributed by atoms with van der Waals surface area (Å²) in [6.45, 7) is 1.75. The van der Waals surface area contributed by atoms with Gasteiger partial charge in [-0.1, -0.05) is 12.1 Å². The smallest absolute Gasteiger partial charge is 0.320 e. The van der Waals surface area contributed by atoms with E-state index in [0.29, 0.717) is 13.0 Å². The Balaban J connectivity index is 2.37. The van der Waals surface area contributed by atoms with Crippen LogP contribution in [0.4, 0.5) is 0 Å². The Labute approximate surface area is 120 Å². The molecule has 0 aliphatic carbocycles. The fourth-order valence-electron chi connectivity index (χ4n) is 1.79. The lowest BCUT2D eigenvalue weighted by Gasteiger charge is -2.23. The zero-order chi connectivity index (χ0) is 15.2. The van der Waals surface area contributed by atoms with Gasteiger partial charge in [0, 0.05) is 6.42 Å². The minimum atomic E-state index is -0.981. The molecule has 0 radical (unpaired) electrons. The van der Waals surface area contributed by atoms with E-state index in [2.05, 4.69) is 21.1 Å². The molecule has 0 saturated carbocycles. The highest BCUT2D eigenvalue weighted by Gasteiger charge is 2.12. The second kappa shape index (κ2) is 7.26. The van der Waals surface area contributed by atoms with Crippen LogP contribution < -0.4 is 10.5 Å². The van der Waals surface area contributed by atoms with Gasteiger partial charge in [-0.2, -0.15) is 0 Å². The lowest BCUT2D eigenvalue weighted by atomic mass is 10.1. The number of ether oxygens (including phenoxy) is 1. The molecule has 1 aromatic carbocycles. The molecule has 112 valence electrons. The van der Waals surface area contributed by atoms with E-state index < -0.39 is 12.0 Å². The SMILES string of the molecule is C[N+](C)(C)CCCOc1ccc(C[C@H](N)C(=O)O)cc1. The van der Waals surface area contributed by atoms with Crippen LogP contribution in [0.5, 0.6) is 5.75 Å². The normalized spacial score (nSPS) is 13.0. The van der Waals surface area contributed by atoms with Gasteiger partial charge in [0.1, 0.15) is 11.8 Å². The van der Waals surface area contributed by atoms with E-state index in [4.69, 9.17) is 15.6 Å². The van der Waals surface area contributed by atoms with Crippen molar-refractivity contribution in [1.82, 2.24) is 0 Å². The number of carboxylic acid groups (broad SMARTS) is 1. The molecule has 1 atom stereocenters. The molecule has 0 heterocycles. The van der Waals surface area contributed by atoms with Crippen molar-refractivity contribution in [2.24, 2.45) is 5.73 Å². The second-order valence-electron chi connectivity index (χ2n) is 6.01. The van der Waals surface area contributed by atoms with Crippen LogP contribution in [0.2, 0.25) is 0 Å². The lowest BCUT2D eigenvalue weighted by molar-refractivity contribution is -0.870. The molecule has 0 fully saturated rings. The van der Waals surface area contributed by atoms with Crippen molar-refractivity contribution in [3.63, 3.8) is 0 Å². The van der Waals surface area contributed by atoms with Crippen LogP contribution in [-0.4, -0.2) is 55.9 Å². The summed E-state index contributed by atoms with van der Waals surface area (Å²) >= 11 is 0. The Hall–Kier alpha value is -1.59. The van der Waals surface area contributed by atoms with E-state index in [1.54, 1.807) is 0 Å². The fourth-order valence-corrected chi connectivity index (χ4v) is 1.79. The molecule has 5 nitrogen and oxygen atoms in total. The first-order chi connectivity index (χ1) is 9.28. The Bertz CT molecular complexity index is 424. The number of hydrogen-bond acceptors (Lipinski definition) is 3. The molecule has 0 aromatic heterocycles. The van der Waals surface area contributed by atoms with E-state index in [1.165, 1.54) is 0 Å². The fraction of sp³-hybridized carbons (Fsp3) is 0.533. The Morgan fingerprint density at radius 2 is 1.90 bits per heavy atom. The molecule has 0 saturated heterocycles. The Morgan fingerprint density at radius 1 is 1.30 bits per heavy atom. The van der Waals surface area contributed by atoms with E-state index >= 15 is 0 Å². The van der Waals surface area contributed by atoms with Gasteiger partial charge in [0.15, 0.2) is 0 Å². The molecule has 0 unspecified atom stereocenters. The van der Waals surface area contributed by atoms with Crippen LogP contribution in [0.1, 0.15) is 12.0 Å². The molecule has 0 bridgehead atoms. The number of carbonyl (C=O) groups is 1. The predicted molar refractivity (Wildman–Crippen MR) is 78.8 cm³/mol. The summed E-state index contributed by atoms with van der Waals surface area (Å²) in [7, 11) is 6.46. The minimum Gasteiger partial charge on any atom is -0.493 e. The van der Waals surface area contributed by atoms with Gasteiger partial charge in [0.25, 0.3) is 0 Å². The van der Waals surface area contributed by atoms with Gasteiger partial charge >= 0.3 is 5.97 Å². The average molecular weight is 281 g/mol. The van der Waals surface area contributed by atoms with Crippen molar-refractivity contribution in [2.75, 3.05) is 34.3 Å². The molecular weight excluding hydrogens is 256 g/mol. The average Bonchev–Trinajstić information content (AvgIpc) is 2.35. The zero-order valence-electron chi connectivity index (χ0n) is 12.5. The summed E-state index contributed by atoms with van der Waals surface area (Å²) in [4.78, 5) is 10.7. The Morgan fingerprint density at radius 3 is 2.40 bits per heavy atom. The summed E-state index contributed by atoms with van der Waals surface area (Å²) in [5, 5.41) is 8.76. The van der Waals surface area contributed by atoms with Crippen LogP contribution in [0.25, 0.3) is 0 Å². The molecule has 0 aliphatic heterocycles. The van der Waals surface area contributed by atoms with Gasteiger partial charge < -0.3 is 20.1 Å². The van der Waals surface area contributed by atoms with Gasteiger partial charge in [-0.15, -0.1) is 0 Å². The largest absolute Gasteiger partial charge is 0.493 e. The van der Waals surface area contributed by atoms with Crippen LogP contribution in [0, 0.1) is 0 Å². The van der Waals surface area contributed by atoms with Crippen LogP contribution in [0.3, 0.4) is 0 Å². The maximum atomic E-state index is 10.7. The van der Waals surface area contributed by atoms with Crippen LogP contribution >= 0.6 is 0 Å². The molecule has 0 spiro atoms. The maximum absolute atomic E-state index is 10.7. The number of benzene rings is 1. The third-order valence-electron chi connectivity index (χ3n) is 2.94.